The zero-order valence-electron chi connectivity index (χ0n) is 12.7. The molecule has 0 radical (unpaired) electrons. The van der Waals surface area contributed by atoms with E-state index in [2.05, 4.69) is 5.32 Å². The van der Waals surface area contributed by atoms with Gasteiger partial charge in [0.25, 0.3) is 5.69 Å². The van der Waals surface area contributed by atoms with E-state index >= 15 is 0 Å². The highest BCUT2D eigenvalue weighted by molar-refractivity contribution is 5.83. The third kappa shape index (κ3) is 4.41. The molecule has 0 saturated carbocycles. The number of hydrogen-bond donors (Lipinski definition) is 2. The second kappa shape index (κ2) is 7.57. The van der Waals surface area contributed by atoms with Crippen LogP contribution < -0.4 is 11.1 Å². The normalized spacial score (nSPS) is 17.6. The fraction of sp³-hybridized carbons (Fsp3) is 0.467. The Morgan fingerprint density at radius 2 is 2.09 bits per heavy atom. The van der Waals surface area contributed by atoms with Crippen molar-refractivity contribution in [2.24, 2.45) is 5.73 Å². The minimum atomic E-state index is -0.496. The summed E-state index contributed by atoms with van der Waals surface area (Å²) in [5.41, 5.74) is 5.46. The van der Waals surface area contributed by atoms with Crippen LogP contribution in [0.3, 0.4) is 0 Å². The first-order chi connectivity index (χ1) is 11.0. The number of primary amides is 1. The maximum Gasteiger partial charge on any atom is 0.292 e. The molecule has 1 unspecified atom stereocenters. The van der Waals surface area contributed by atoms with Crippen molar-refractivity contribution in [3.05, 3.63) is 34.4 Å². The van der Waals surface area contributed by atoms with E-state index in [-0.39, 0.29) is 30.6 Å². The minimum absolute atomic E-state index is 0.0554. The van der Waals surface area contributed by atoms with Crippen LogP contribution in [0.1, 0.15) is 25.7 Å². The number of benzene rings is 1. The standard InChI is InChI=1S/C15H20N4O4/c16-14(20)9-11-5-3-4-8-18(11)15(21)10-17-12-6-1-2-7-13(12)19(22)23/h1-2,6-7,11,17H,3-5,8-10H2,(H2,16,20). The van der Waals surface area contributed by atoms with Gasteiger partial charge in [0, 0.05) is 25.1 Å². The fourth-order valence-electron chi connectivity index (χ4n) is 2.83. The van der Waals surface area contributed by atoms with E-state index in [0.29, 0.717) is 12.2 Å². The lowest BCUT2D eigenvalue weighted by Gasteiger charge is -2.35. The van der Waals surface area contributed by atoms with Crippen LogP contribution >= 0.6 is 0 Å². The van der Waals surface area contributed by atoms with E-state index in [9.17, 15) is 19.7 Å². The maximum atomic E-state index is 12.4. The van der Waals surface area contributed by atoms with Crippen LogP contribution in [0.4, 0.5) is 11.4 Å². The number of hydrogen-bond acceptors (Lipinski definition) is 5. The number of carbonyl (C=O) groups excluding carboxylic acids is 2. The molecule has 1 aromatic rings. The first-order valence-electron chi connectivity index (χ1n) is 7.54. The summed E-state index contributed by atoms with van der Waals surface area (Å²) in [6.07, 6.45) is 2.74. The summed E-state index contributed by atoms with van der Waals surface area (Å²) < 4.78 is 0. The van der Waals surface area contributed by atoms with Gasteiger partial charge in [-0.25, -0.2) is 0 Å². The van der Waals surface area contributed by atoms with E-state index in [1.807, 2.05) is 0 Å². The summed E-state index contributed by atoms with van der Waals surface area (Å²) in [5, 5.41) is 13.8. The van der Waals surface area contributed by atoms with Gasteiger partial charge in [-0.3, -0.25) is 19.7 Å². The number of rotatable bonds is 6. The van der Waals surface area contributed by atoms with Gasteiger partial charge < -0.3 is 16.0 Å². The van der Waals surface area contributed by atoms with Gasteiger partial charge in [0.2, 0.25) is 11.8 Å². The van der Waals surface area contributed by atoms with Gasteiger partial charge in [-0.15, -0.1) is 0 Å². The molecule has 1 aliphatic heterocycles. The number of amides is 2. The van der Waals surface area contributed by atoms with Gasteiger partial charge in [-0.05, 0) is 25.3 Å². The number of nitrogens with two attached hydrogens (primary N) is 1. The highest BCUT2D eigenvalue weighted by atomic mass is 16.6. The Bertz CT molecular complexity index is 605. The van der Waals surface area contributed by atoms with Crippen molar-refractivity contribution in [3.8, 4) is 0 Å². The molecule has 1 fully saturated rings. The number of anilines is 1. The molecular formula is C15H20N4O4. The molecule has 124 valence electrons. The van der Waals surface area contributed by atoms with Crippen LogP contribution in [0.5, 0.6) is 0 Å². The second-order valence-electron chi connectivity index (χ2n) is 5.53. The van der Waals surface area contributed by atoms with Gasteiger partial charge in [0.1, 0.15) is 5.69 Å². The lowest BCUT2D eigenvalue weighted by atomic mass is 9.99. The van der Waals surface area contributed by atoms with E-state index in [0.717, 1.165) is 19.3 Å². The molecule has 0 aliphatic carbocycles. The van der Waals surface area contributed by atoms with Crippen molar-refractivity contribution < 1.29 is 14.5 Å². The molecule has 1 aliphatic rings. The van der Waals surface area contributed by atoms with Gasteiger partial charge in [0.15, 0.2) is 0 Å². The Hall–Kier alpha value is -2.64. The first-order valence-corrected chi connectivity index (χ1v) is 7.54. The van der Waals surface area contributed by atoms with Gasteiger partial charge in [0.05, 0.1) is 11.5 Å². The SMILES string of the molecule is NC(=O)CC1CCCCN1C(=O)CNc1ccccc1[N+](=O)[O-]. The van der Waals surface area contributed by atoms with E-state index < -0.39 is 10.8 Å². The number of likely N-dealkylation sites (tertiary alicyclic amines) is 1. The molecule has 1 atom stereocenters. The van der Waals surface area contributed by atoms with Crippen molar-refractivity contribution >= 4 is 23.2 Å². The van der Waals surface area contributed by atoms with Crippen molar-refractivity contribution in [1.29, 1.82) is 0 Å². The maximum absolute atomic E-state index is 12.4. The summed E-state index contributed by atoms with van der Waals surface area (Å²) in [4.78, 5) is 35.6. The third-order valence-electron chi connectivity index (χ3n) is 3.92. The minimum Gasteiger partial charge on any atom is -0.371 e. The molecule has 8 nitrogen and oxygen atoms in total. The smallest absolute Gasteiger partial charge is 0.292 e. The summed E-state index contributed by atoms with van der Waals surface area (Å²) in [5.74, 6) is -0.615. The number of nitro groups is 1. The third-order valence-corrected chi connectivity index (χ3v) is 3.92. The Labute approximate surface area is 133 Å². The topological polar surface area (TPSA) is 119 Å². The molecule has 3 N–H and O–H groups in total. The molecule has 1 saturated heterocycles. The number of nitrogens with zero attached hydrogens (tertiary/aromatic N) is 2. The summed E-state index contributed by atoms with van der Waals surface area (Å²) in [6.45, 7) is 0.523. The molecule has 2 rings (SSSR count). The van der Waals surface area contributed by atoms with Crippen LogP contribution in [-0.4, -0.2) is 40.8 Å². The van der Waals surface area contributed by atoms with Crippen LogP contribution in [0.2, 0.25) is 0 Å². The number of nitro benzene ring substituents is 1. The number of nitrogens with one attached hydrogen (secondary N) is 1. The van der Waals surface area contributed by atoms with E-state index in [1.54, 1.807) is 23.1 Å². The Balaban J connectivity index is 2.01. The second-order valence-corrected chi connectivity index (χ2v) is 5.53. The predicted molar refractivity (Wildman–Crippen MR) is 84.7 cm³/mol. The van der Waals surface area contributed by atoms with Gasteiger partial charge in [-0.1, -0.05) is 12.1 Å². The predicted octanol–water partition coefficient (Wildman–Crippen LogP) is 1.26. The summed E-state index contributed by atoms with van der Waals surface area (Å²) >= 11 is 0. The van der Waals surface area contributed by atoms with Crippen LogP contribution in [0.15, 0.2) is 24.3 Å². The molecule has 23 heavy (non-hydrogen) atoms. The zero-order valence-corrected chi connectivity index (χ0v) is 12.7. The van der Waals surface area contributed by atoms with Gasteiger partial charge >= 0.3 is 0 Å². The number of piperidine rings is 1. The highest BCUT2D eigenvalue weighted by Gasteiger charge is 2.27. The molecule has 1 heterocycles. The van der Waals surface area contributed by atoms with Crippen molar-refractivity contribution in [2.75, 3.05) is 18.4 Å². The number of carbonyl (C=O) groups is 2. The van der Waals surface area contributed by atoms with Crippen LogP contribution in [-0.2, 0) is 9.59 Å². The molecule has 1 aromatic carbocycles. The molecule has 0 spiro atoms. The molecule has 0 aromatic heterocycles. The fourth-order valence-corrected chi connectivity index (χ4v) is 2.83. The largest absolute Gasteiger partial charge is 0.371 e. The van der Waals surface area contributed by atoms with Crippen LogP contribution in [0, 0.1) is 10.1 Å². The Morgan fingerprint density at radius 3 is 2.78 bits per heavy atom. The molecule has 2 amide bonds. The Kier molecular flexibility index (Phi) is 5.51. The molecular weight excluding hydrogens is 300 g/mol. The van der Waals surface area contributed by atoms with Crippen LogP contribution in [0.25, 0.3) is 0 Å². The van der Waals surface area contributed by atoms with E-state index in [1.165, 1.54) is 6.07 Å². The Morgan fingerprint density at radius 1 is 1.35 bits per heavy atom. The van der Waals surface area contributed by atoms with Crippen molar-refractivity contribution in [1.82, 2.24) is 4.90 Å². The van der Waals surface area contributed by atoms with Crippen molar-refractivity contribution in [3.63, 3.8) is 0 Å². The highest BCUT2D eigenvalue weighted by Crippen LogP contribution is 2.24. The number of para-hydroxylation sites is 2. The quantitative estimate of drug-likeness (QED) is 0.604. The zero-order chi connectivity index (χ0) is 16.8. The molecule has 8 heteroatoms. The summed E-state index contributed by atoms with van der Waals surface area (Å²) in [7, 11) is 0. The van der Waals surface area contributed by atoms with E-state index in [4.69, 9.17) is 5.73 Å². The average molecular weight is 320 g/mol. The molecule has 0 bridgehead atoms. The van der Waals surface area contributed by atoms with Crippen molar-refractivity contribution in [2.45, 2.75) is 31.7 Å². The van der Waals surface area contributed by atoms with Gasteiger partial charge in [-0.2, -0.15) is 0 Å². The first kappa shape index (κ1) is 16.7. The summed E-state index contributed by atoms with van der Waals surface area (Å²) in [6, 6.07) is 5.99. The monoisotopic (exact) mass is 320 g/mol. The lowest BCUT2D eigenvalue weighted by Crippen LogP contribution is -2.47. The average Bonchev–Trinajstić information content (AvgIpc) is 2.52. The lowest BCUT2D eigenvalue weighted by molar-refractivity contribution is -0.383.